The number of hydrogen-bond acceptors (Lipinski definition) is 5. The number of methoxy groups -OCH3 is 1. The summed E-state index contributed by atoms with van der Waals surface area (Å²) in [5.74, 6) is -0.0590. The zero-order valence-electron chi connectivity index (χ0n) is 24.3. The Bertz CT molecular complexity index is 1460. The number of rotatable bonds is 12. The zero-order chi connectivity index (χ0) is 30.3. The third-order valence-corrected chi connectivity index (χ3v) is 9.64. The molecule has 0 saturated heterocycles. The van der Waals surface area contributed by atoms with Gasteiger partial charge in [0.2, 0.25) is 11.8 Å². The molecule has 0 aromatic heterocycles. The van der Waals surface area contributed by atoms with Crippen molar-refractivity contribution in [1.82, 2.24) is 10.2 Å². The van der Waals surface area contributed by atoms with Crippen LogP contribution in [0.2, 0.25) is 5.02 Å². The summed E-state index contributed by atoms with van der Waals surface area (Å²) in [6.45, 7) is 3.35. The van der Waals surface area contributed by atoms with Crippen LogP contribution in [0.5, 0.6) is 5.75 Å². The maximum absolute atomic E-state index is 14.2. The molecule has 1 aliphatic rings. The molecule has 3 aromatic carbocycles. The number of benzene rings is 3. The van der Waals surface area contributed by atoms with Gasteiger partial charge in [0.1, 0.15) is 18.3 Å². The van der Waals surface area contributed by atoms with Crippen LogP contribution in [-0.2, 0) is 26.2 Å². The third kappa shape index (κ3) is 7.63. The van der Waals surface area contributed by atoms with Gasteiger partial charge in [-0.05, 0) is 80.3 Å². The summed E-state index contributed by atoms with van der Waals surface area (Å²) >= 11 is 6.10. The van der Waals surface area contributed by atoms with E-state index in [1.807, 2.05) is 26.0 Å². The van der Waals surface area contributed by atoms with Gasteiger partial charge in [-0.25, -0.2) is 8.42 Å². The molecule has 10 heteroatoms. The quantitative estimate of drug-likeness (QED) is 0.283. The average molecular weight is 612 g/mol. The SMILES string of the molecule is CC[C@H](C(=O)NC1CCCC1)N(Cc1ccc(OC)cc1)C(=O)CN(c1ccc(Cl)cc1)S(=O)(=O)c1ccc(C)cc1. The molecular weight excluding hydrogens is 574 g/mol. The van der Waals surface area contributed by atoms with E-state index in [1.165, 1.54) is 17.0 Å². The van der Waals surface area contributed by atoms with Gasteiger partial charge < -0.3 is 15.0 Å². The van der Waals surface area contributed by atoms with E-state index in [9.17, 15) is 18.0 Å². The molecule has 224 valence electrons. The van der Waals surface area contributed by atoms with Crippen molar-refractivity contribution in [1.29, 1.82) is 0 Å². The summed E-state index contributed by atoms with van der Waals surface area (Å²) in [5.41, 5.74) is 1.99. The Kier molecular flexibility index (Phi) is 10.5. The lowest BCUT2D eigenvalue weighted by molar-refractivity contribution is -0.140. The number of carbonyl (C=O) groups excluding carboxylic acids is 2. The van der Waals surface area contributed by atoms with E-state index in [2.05, 4.69) is 5.32 Å². The van der Waals surface area contributed by atoms with Gasteiger partial charge in [0.25, 0.3) is 10.0 Å². The second-order valence-corrected chi connectivity index (χ2v) is 12.9. The summed E-state index contributed by atoms with van der Waals surface area (Å²) < 4.78 is 34.3. The van der Waals surface area contributed by atoms with Crippen LogP contribution in [0, 0.1) is 6.92 Å². The van der Waals surface area contributed by atoms with Crippen molar-refractivity contribution >= 4 is 39.1 Å². The molecule has 0 heterocycles. The molecular formula is C32H38ClN3O5S. The van der Waals surface area contributed by atoms with Crippen molar-refractivity contribution < 1.29 is 22.7 Å². The number of nitrogens with one attached hydrogen (secondary N) is 1. The van der Waals surface area contributed by atoms with Crippen LogP contribution in [0.15, 0.2) is 77.7 Å². The Balaban J connectivity index is 1.70. The Morgan fingerprint density at radius 3 is 2.17 bits per heavy atom. The van der Waals surface area contributed by atoms with Gasteiger partial charge in [0, 0.05) is 17.6 Å². The normalized spacial score (nSPS) is 14.3. The Labute approximate surface area is 253 Å². The van der Waals surface area contributed by atoms with Gasteiger partial charge in [0.05, 0.1) is 17.7 Å². The highest BCUT2D eigenvalue weighted by Gasteiger charge is 2.34. The van der Waals surface area contributed by atoms with Crippen LogP contribution >= 0.6 is 11.6 Å². The number of sulfonamides is 1. The van der Waals surface area contributed by atoms with Gasteiger partial charge in [-0.2, -0.15) is 0 Å². The monoisotopic (exact) mass is 611 g/mol. The standard InChI is InChI=1S/C32H38ClN3O5S/c1-4-30(32(38)34-26-7-5-6-8-26)35(21-24-11-17-28(41-3)18-12-24)31(37)22-36(27-15-13-25(33)14-16-27)42(39,40)29-19-9-23(2)10-20-29/h9-20,26,30H,4-8,21-22H2,1-3H3,(H,34,38)/t30-/m1/s1. The molecule has 8 nitrogen and oxygen atoms in total. The van der Waals surface area contributed by atoms with Crippen molar-refractivity contribution in [2.45, 2.75) is 69.5 Å². The van der Waals surface area contributed by atoms with Gasteiger partial charge in [-0.3, -0.25) is 13.9 Å². The molecule has 1 N–H and O–H groups in total. The van der Waals surface area contributed by atoms with Gasteiger partial charge in [0.15, 0.2) is 0 Å². The Morgan fingerprint density at radius 2 is 1.60 bits per heavy atom. The van der Waals surface area contributed by atoms with Crippen LogP contribution in [0.1, 0.15) is 50.2 Å². The lowest BCUT2D eigenvalue weighted by Crippen LogP contribution is -2.53. The highest BCUT2D eigenvalue weighted by atomic mass is 35.5. The molecule has 2 amide bonds. The second-order valence-electron chi connectivity index (χ2n) is 10.6. The van der Waals surface area contributed by atoms with E-state index in [0.717, 1.165) is 41.1 Å². The van der Waals surface area contributed by atoms with Crippen molar-refractivity contribution in [2.75, 3.05) is 18.0 Å². The van der Waals surface area contributed by atoms with Gasteiger partial charge in [-0.1, -0.05) is 61.2 Å². The highest BCUT2D eigenvalue weighted by molar-refractivity contribution is 7.92. The highest BCUT2D eigenvalue weighted by Crippen LogP contribution is 2.27. The van der Waals surface area contributed by atoms with E-state index >= 15 is 0 Å². The molecule has 1 atom stereocenters. The fourth-order valence-electron chi connectivity index (χ4n) is 5.19. The summed E-state index contributed by atoms with van der Waals surface area (Å²) in [6.07, 6.45) is 4.31. The smallest absolute Gasteiger partial charge is 0.264 e. The molecule has 0 aliphatic heterocycles. The summed E-state index contributed by atoms with van der Waals surface area (Å²) in [5, 5.41) is 3.56. The lowest BCUT2D eigenvalue weighted by atomic mass is 10.1. The first kappa shape index (κ1) is 31.4. The first-order valence-electron chi connectivity index (χ1n) is 14.2. The lowest BCUT2D eigenvalue weighted by Gasteiger charge is -2.33. The van der Waals surface area contributed by atoms with E-state index < -0.39 is 28.5 Å². The number of ether oxygens (including phenoxy) is 1. The molecule has 1 fully saturated rings. The Morgan fingerprint density at radius 1 is 0.976 bits per heavy atom. The third-order valence-electron chi connectivity index (χ3n) is 7.60. The van der Waals surface area contributed by atoms with Crippen LogP contribution < -0.4 is 14.4 Å². The minimum atomic E-state index is -4.14. The van der Waals surface area contributed by atoms with Crippen LogP contribution in [0.4, 0.5) is 5.69 Å². The fourth-order valence-corrected chi connectivity index (χ4v) is 6.73. The first-order chi connectivity index (χ1) is 20.1. The second kappa shape index (κ2) is 14.1. The fraction of sp³-hybridized carbons (Fsp3) is 0.375. The van der Waals surface area contributed by atoms with Crippen molar-refractivity contribution in [2.24, 2.45) is 0 Å². The molecule has 42 heavy (non-hydrogen) atoms. The minimum Gasteiger partial charge on any atom is -0.497 e. The summed E-state index contributed by atoms with van der Waals surface area (Å²) in [6, 6.07) is 19.3. The number of hydrogen-bond donors (Lipinski definition) is 1. The maximum Gasteiger partial charge on any atom is 0.264 e. The molecule has 4 rings (SSSR count). The largest absolute Gasteiger partial charge is 0.497 e. The van der Waals surface area contributed by atoms with Crippen molar-refractivity contribution in [3.05, 3.63) is 88.9 Å². The maximum atomic E-state index is 14.2. The molecule has 0 unspecified atom stereocenters. The number of nitrogens with zero attached hydrogens (tertiary/aromatic N) is 2. The number of halogens is 1. The molecule has 0 bridgehead atoms. The topological polar surface area (TPSA) is 96.0 Å². The number of carbonyl (C=O) groups is 2. The van der Waals surface area contributed by atoms with E-state index in [4.69, 9.17) is 16.3 Å². The number of amides is 2. The summed E-state index contributed by atoms with van der Waals surface area (Å²) in [7, 11) is -2.57. The van der Waals surface area contributed by atoms with Gasteiger partial charge >= 0.3 is 0 Å². The predicted molar refractivity (Wildman–Crippen MR) is 165 cm³/mol. The Hall–Kier alpha value is -3.56. The molecule has 0 radical (unpaired) electrons. The van der Waals surface area contributed by atoms with Crippen molar-refractivity contribution in [3.63, 3.8) is 0 Å². The van der Waals surface area contributed by atoms with E-state index in [-0.39, 0.29) is 23.4 Å². The average Bonchev–Trinajstić information content (AvgIpc) is 3.49. The predicted octanol–water partition coefficient (Wildman–Crippen LogP) is 5.72. The van der Waals surface area contributed by atoms with Crippen LogP contribution in [0.3, 0.4) is 0 Å². The molecule has 3 aromatic rings. The molecule has 1 saturated carbocycles. The zero-order valence-corrected chi connectivity index (χ0v) is 25.8. The van der Waals surface area contributed by atoms with E-state index in [1.54, 1.807) is 55.6 Å². The van der Waals surface area contributed by atoms with Crippen LogP contribution in [0.25, 0.3) is 0 Å². The molecule has 1 aliphatic carbocycles. The number of aryl methyl sites for hydroxylation is 1. The molecule has 0 spiro atoms. The number of anilines is 1. The van der Waals surface area contributed by atoms with Gasteiger partial charge in [-0.15, -0.1) is 0 Å². The van der Waals surface area contributed by atoms with E-state index in [0.29, 0.717) is 22.9 Å². The first-order valence-corrected chi connectivity index (χ1v) is 16.0. The summed E-state index contributed by atoms with van der Waals surface area (Å²) in [4.78, 5) is 29.3. The van der Waals surface area contributed by atoms with Crippen molar-refractivity contribution in [3.8, 4) is 5.75 Å². The minimum absolute atomic E-state index is 0.0589. The van der Waals surface area contributed by atoms with Crippen LogP contribution in [-0.4, -0.2) is 50.9 Å².